The topological polar surface area (TPSA) is 94.8 Å². The molecule has 176 valence electrons. The van der Waals surface area contributed by atoms with Crippen molar-refractivity contribution in [1.82, 2.24) is 5.32 Å². The van der Waals surface area contributed by atoms with Crippen molar-refractivity contribution in [3.8, 4) is 5.75 Å². The molecule has 1 heterocycles. The first kappa shape index (κ1) is 25.7. The van der Waals surface area contributed by atoms with E-state index >= 15 is 0 Å². The van der Waals surface area contributed by atoms with E-state index in [4.69, 9.17) is 25.5 Å². The van der Waals surface area contributed by atoms with Crippen LogP contribution in [0.15, 0.2) is 27.4 Å². The van der Waals surface area contributed by atoms with Gasteiger partial charge in [-0.25, -0.2) is 9.59 Å². The van der Waals surface area contributed by atoms with E-state index in [0.29, 0.717) is 23.6 Å². The number of unbranched alkanes of at least 4 members (excludes halogenated alkanes) is 3. The zero-order valence-electron chi connectivity index (χ0n) is 19.2. The lowest BCUT2D eigenvalue weighted by atomic mass is 10.0. The highest BCUT2D eigenvalue weighted by molar-refractivity contribution is 6.33. The summed E-state index contributed by atoms with van der Waals surface area (Å²) in [5, 5.41) is 3.72. The lowest BCUT2D eigenvalue weighted by Gasteiger charge is -2.19. The molecule has 0 radical (unpaired) electrons. The molecule has 0 fully saturated rings. The molecule has 0 saturated carbocycles. The van der Waals surface area contributed by atoms with E-state index in [1.54, 1.807) is 26.8 Å². The summed E-state index contributed by atoms with van der Waals surface area (Å²) in [4.78, 5) is 35.7. The number of hydrogen-bond donors (Lipinski definition) is 1. The number of alkyl carbamates (subject to hydrolysis) is 1. The fraction of sp³-hybridized carbons (Fsp3) is 0.542. The Kier molecular flexibility index (Phi) is 9.57. The van der Waals surface area contributed by atoms with Crippen molar-refractivity contribution in [2.24, 2.45) is 0 Å². The first-order valence-electron chi connectivity index (χ1n) is 11.0. The molecule has 1 N–H and O–H groups in total. The summed E-state index contributed by atoms with van der Waals surface area (Å²) in [7, 11) is 0. The molecule has 7 nitrogen and oxygen atoms in total. The molecular weight excluding hydrogens is 434 g/mol. The summed E-state index contributed by atoms with van der Waals surface area (Å²) in [6.07, 6.45) is 4.52. The van der Waals surface area contributed by atoms with Crippen LogP contribution >= 0.6 is 11.6 Å². The highest BCUT2D eigenvalue weighted by Crippen LogP contribution is 2.32. The summed E-state index contributed by atoms with van der Waals surface area (Å²) >= 11 is 6.32. The van der Waals surface area contributed by atoms with Gasteiger partial charge in [-0.15, -0.1) is 0 Å². The molecule has 2 aromatic rings. The van der Waals surface area contributed by atoms with Gasteiger partial charge in [-0.2, -0.15) is 0 Å². The first-order valence-corrected chi connectivity index (χ1v) is 11.4. The van der Waals surface area contributed by atoms with Crippen molar-refractivity contribution in [3.63, 3.8) is 0 Å². The van der Waals surface area contributed by atoms with Gasteiger partial charge in [0.05, 0.1) is 5.02 Å². The number of nitrogens with one attached hydrogen (secondary N) is 1. The Hall–Kier alpha value is -2.54. The van der Waals surface area contributed by atoms with Crippen molar-refractivity contribution in [3.05, 3.63) is 39.2 Å². The maximum absolute atomic E-state index is 12.2. The van der Waals surface area contributed by atoms with E-state index in [1.807, 2.05) is 0 Å². The molecular formula is C24H32ClNO6. The SMILES string of the molecule is CCCCc1cc(=O)oc2cc(OC(=O)CCCCCNC(=O)OC(C)(C)C)c(Cl)cc12. The van der Waals surface area contributed by atoms with Crippen LogP contribution in [0.5, 0.6) is 5.75 Å². The molecule has 2 rings (SSSR count). The number of carbonyl (C=O) groups is 2. The van der Waals surface area contributed by atoms with Gasteiger partial charge in [-0.3, -0.25) is 4.79 Å². The number of fused-ring (bicyclic) bond motifs is 1. The molecule has 0 aliphatic rings. The average Bonchev–Trinajstić information content (AvgIpc) is 2.68. The first-order chi connectivity index (χ1) is 15.1. The zero-order valence-corrected chi connectivity index (χ0v) is 20.0. The van der Waals surface area contributed by atoms with Crippen molar-refractivity contribution in [2.75, 3.05) is 6.54 Å². The van der Waals surface area contributed by atoms with Gasteiger partial charge < -0.3 is 19.2 Å². The zero-order chi connectivity index (χ0) is 23.7. The Morgan fingerprint density at radius 3 is 2.53 bits per heavy atom. The van der Waals surface area contributed by atoms with Gasteiger partial charge in [-0.1, -0.05) is 31.4 Å². The number of carbonyl (C=O) groups excluding carboxylic acids is 2. The van der Waals surface area contributed by atoms with Gasteiger partial charge >= 0.3 is 17.7 Å². The molecule has 0 unspecified atom stereocenters. The largest absolute Gasteiger partial charge is 0.444 e. The normalized spacial score (nSPS) is 11.4. The third-order valence-corrected chi connectivity index (χ3v) is 4.93. The quantitative estimate of drug-likeness (QED) is 0.207. The molecule has 0 bridgehead atoms. The Morgan fingerprint density at radius 1 is 1.09 bits per heavy atom. The third kappa shape index (κ3) is 8.54. The number of benzene rings is 1. The van der Waals surface area contributed by atoms with E-state index < -0.39 is 23.3 Å². The Bertz CT molecular complexity index is 992. The van der Waals surface area contributed by atoms with Crippen molar-refractivity contribution < 1.29 is 23.5 Å². The Labute approximate surface area is 193 Å². The highest BCUT2D eigenvalue weighted by atomic mass is 35.5. The second-order valence-electron chi connectivity index (χ2n) is 8.69. The number of halogens is 1. The summed E-state index contributed by atoms with van der Waals surface area (Å²) in [6, 6.07) is 4.66. The van der Waals surface area contributed by atoms with Crippen LogP contribution in [-0.2, 0) is 16.0 Å². The van der Waals surface area contributed by atoms with Crippen LogP contribution < -0.4 is 15.7 Å². The van der Waals surface area contributed by atoms with Crippen LogP contribution in [0.3, 0.4) is 0 Å². The maximum atomic E-state index is 12.2. The molecule has 1 amide bonds. The molecule has 1 aromatic carbocycles. The second kappa shape index (κ2) is 11.9. The van der Waals surface area contributed by atoms with Gasteiger partial charge in [0.1, 0.15) is 11.2 Å². The van der Waals surface area contributed by atoms with E-state index in [0.717, 1.165) is 43.1 Å². The molecule has 0 atom stereocenters. The number of esters is 1. The van der Waals surface area contributed by atoms with Gasteiger partial charge in [0, 0.05) is 30.5 Å². The molecule has 0 saturated heterocycles. The fourth-order valence-corrected chi connectivity index (χ4v) is 3.33. The smallest absolute Gasteiger partial charge is 0.407 e. The van der Waals surface area contributed by atoms with Crippen LogP contribution in [0.2, 0.25) is 5.02 Å². The molecule has 32 heavy (non-hydrogen) atoms. The summed E-state index contributed by atoms with van der Waals surface area (Å²) in [6.45, 7) is 7.97. The maximum Gasteiger partial charge on any atom is 0.407 e. The molecule has 0 spiro atoms. The Morgan fingerprint density at radius 2 is 1.84 bits per heavy atom. The van der Waals surface area contributed by atoms with Gasteiger partial charge in [0.15, 0.2) is 5.75 Å². The van der Waals surface area contributed by atoms with Crippen LogP contribution in [0.1, 0.15) is 71.8 Å². The van der Waals surface area contributed by atoms with Gasteiger partial charge in [0.25, 0.3) is 0 Å². The lowest BCUT2D eigenvalue weighted by Crippen LogP contribution is -2.33. The number of amides is 1. The number of rotatable bonds is 10. The molecule has 0 aliphatic heterocycles. The minimum atomic E-state index is -0.530. The van der Waals surface area contributed by atoms with Crippen LogP contribution in [0, 0.1) is 0 Å². The van der Waals surface area contributed by atoms with Crippen LogP contribution in [0.25, 0.3) is 11.0 Å². The molecule has 1 aromatic heterocycles. The fourth-order valence-electron chi connectivity index (χ4n) is 3.13. The highest BCUT2D eigenvalue weighted by Gasteiger charge is 2.16. The molecule has 8 heteroatoms. The number of hydrogen-bond acceptors (Lipinski definition) is 6. The van der Waals surface area contributed by atoms with Crippen LogP contribution in [-0.4, -0.2) is 24.2 Å². The van der Waals surface area contributed by atoms with Gasteiger partial charge in [0.2, 0.25) is 0 Å². The predicted molar refractivity (Wildman–Crippen MR) is 124 cm³/mol. The van der Waals surface area contributed by atoms with Crippen molar-refractivity contribution in [2.45, 2.75) is 78.2 Å². The monoisotopic (exact) mass is 465 g/mol. The Balaban J connectivity index is 1.85. The summed E-state index contributed by atoms with van der Waals surface area (Å²) < 4.78 is 15.8. The minimum Gasteiger partial charge on any atom is -0.444 e. The standard InChI is InChI=1S/C24H32ClNO6/c1-5-6-10-16-13-22(28)30-19-15-20(18(25)14-17(16)19)31-21(27)11-8-7-9-12-26-23(29)32-24(2,3)4/h13-15H,5-12H2,1-4H3,(H,26,29). The van der Waals surface area contributed by atoms with Gasteiger partial charge in [-0.05, 0) is 58.1 Å². The van der Waals surface area contributed by atoms with Crippen molar-refractivity contribution in [1.29, 1.82) is 0 Å². The van der Waals surface area contributed by atoms with E-state index in [2.05, 4.69) is 12.2 Å². The second-order valence-corrected chi connectivity index (χ2v) is 9.09. The number of ether oxygens (including phenoxy) is 2. The summed E-state index contributed by atoms with van der Waals surface area (Å²) in [5.41, 5.74) is 0.252. The number of aryl methyl sites for hydroxylation is 1. The average molecular weight is 466 g/mol. The van der Waals surface area contributed by atoms with Crippen molar-refractivity contribution >= 4 is 34.6 Å². The van der Waals surface area contributed by atoms with E-state index in [1.165, 1.54) is 12.1 Å². The minimum absolute atomic E-state index is 0.173. The molecule has 0 aliphatic carbocycles. The van der Waals surface area contributed by atoms with E-state index in [9.17, 15) is 14.4 Å². The van der Waals surface area contributed by atoms with Crippen LogP contribution in [0.4, 0.5) is 4.79 Å². The lowest BCUT2D eigenvalue weighted by molar-refractivity contribution is -0.134. The predicted octanol–water partition coefficient (Wildman–Crippen LogP) is 5.78. The van der Waals surface area contributed by atoms with E-state index in [-0.39, 0.29) is 12.2 Å². The summed E-state index contributed by atoms with van der Waals surface area (Å²) in [5.74, 6) is -0.248. The third-order valence-electron chi connectivity index (χ3n) is 4.63.